The van der Waals surface area contributed by atoms with Crippen LogP contribution in [0, 0.1) is 0 Å². The number of esters is 1. The van der Waals surface area contributed by atoms with E-state index in [9.17, 15) is 22.8 Å². The van der Waals surface area contributed by atoms with Crippen molar-refractivity contribution in [3.05, 3.63) is 77.9 Å². The minimum Gasteiger partial charge on any atom is -0.491 e. The number of rotatable bonds is 7. The molecule has 3 aromatic rings. The van der Waals surface area contributed by atoms with Crippen molar-refractivity contribution in [1.29, 1.82) is 0 Å². The molecule has 0 spiro atoms. The predicted molar refractivity (Wildman–Crippen MR) is 143 cm³/mol. The molecule has 0 aliphatic heterocycles. The summed E-state index contributed by atoms with van der Waals surface area (Å²) in [6, 6.07) is 17.9. The topological polar surface area (TPSA) is 65.1 Å². The van der Waals surface area contributed by atoms with Gasteiger partial charge in [0.1, 0.15) is 11.5 Å². The Balaban J connectivity index is 2.11. The molecule has 0 radical (unpaired) electrons. The normalized spacial score (nSPS) is 11.7. The molecule has 0 heterocycles. The van der Waals surface area contributed by atoms with Crippen molar-refractivity contribution >= 4 is 17.6 Å². The largest absolute Gasteiger partial charge is 0.573 e. The molecule has 0 aromatic heterocycles. The Bertz CT molecular complexity index is 1290. The first-order valence-electron chi connectivity index (χ1n) is 12.3. The molecule has 6 nitrogen and oxygen atoms in total. The lowest BCUT2D eigenvalue weighted by atomic mass is 9.86. The van der Waals surface area contributed by atoms with Crippen LogP contribution in [0.1, 0.15) is 45.7 Å². The maximum atomic E-state index is 13.2. The Labute approximate surface area is 226 Å². The van der Waals surface area contributed by atoms with E-state index in [1.54, 1.807) is 18.2 Å². The summed E-state index contributed by atoms with van der Waals surface area (Å²) in [6.07, 6.45) is -4.98. The van der Waals surface area contributed by atoms with Crippen molar-refractivity contribution in [2.75, 3.05) is 12.0 Å². The molecule has 0 unspecified atom stereocenters. The first-order valence-corrected chi connectivity index (χ1v) is 12.3. The fourth-order valence-electron chi connectivity index (χ4n) is 3.92. The number of hydrogen-bond acceptors (Lipinski definition) is 5. The van der Waals surface area contributed by atoms with E-state index in [0.717, 1.165) is 18.2 Å². The average molecular weight is 544 g/mol. The lowest BCUT2D eigenvalue weighted by molar-refractivity contribution is -0.274. The minimum absolute atomic E-state index is 0.0466. The van der Waals surface area contributed by atoms with Gasteiger partial charge in [0.05, 0.1) is 25.4 Å². The molecule has 208 valence electrons. The molecule has 3 rings (SSSR count). The van der Waals surface area contributed by atoms with Crippen molar-refractivity contribution < 1.29 is 37.0 Å². The summed E-state index contributed by atoms with van der Waals surface area (Å²) in [5.41, 5.74) is 3.11. The second-order valence-corrected chi connectivity index (χ2v) is 10.2. The number of hydrogen-bond donors (Lipinski definition) is 0. The number of ether oxygens (including phenoxy) is 3. The van der Waals surface area contributed by atoms with E-state index in [0.29, 0.717) is 22.6 Å². The van der Waals surface area contributed by atoms with Gasteiger partial charge in [-0.05, 0) is 66.3 Å². The van der Waals surface area contributed by atoms with Gasteiger partial charge in [-0.2, -0.15) is 0 Å². The second kappa shape index (κ2) is 11.8. The first kappa shape index (κ1) is 29.5. The van der Waals surface area contributed by atoms with Crippen LogP contribution in [0.25, 0.3) is 11.1 Å². The van der Waals surface area contributed by atoms with Crippen molar-refractivity contribution in [2.45, 2.75) is 59.0 Å². The summed E-state index contributed by atoms with van der Waals surface area (Å²) in [6.45, 7) is 10.0. The summed E-state index contributed by atoms with van der Waals surface area (Å²) in [4.78, 5) is 26.9. The SMILES string of the molecule is COC(=O)C(=O)N(Cc1ccc(C(C)(C)C)cc1)c1ccc(OC(C)C)cc1-c1ccc(OC(F)(F)F)cc1. The number of amides is 1. The highest BCUT2D eigenvalue weighted by Gasteiger charge is 2.31. The van der Waals surface area contributed by atoms with Crippen molar-refractivity contribution in [3.63, 3.8) is 0 Å². The highest BCUT2D eigenvalue weighted by molar-refractivity contribution is 6.38. The molecule has 0 saturated heterocycles. The summed E-state index contributed by atoms with van der Waals surface area (Å²) in [7, 11) is 1.12. The number of methoxy groups -OCH3 is 1. The lowest BCUT2D eigenvalue weighted by Gasteiger charge is -2.26. The van der Waals surface area contributed by atoms with Crippen molar-refractivity contribution in [3.8, 4) is 22.6 Å². The highest BCUT2D eigenvalue weighted by atomic mass is 19.4. The minimum atomic E-state index is -4.83. The third kappa shape index (κ3) is 7.99. The van der Waals surface area contributed by atoms with Crippen LogP contribution in [-0.4, -0.2) is 31.5 Å². The van der Waals surface area contributed by atoms with Gasteiger partial charge in [-0.25, -0.2) is 4.79 Å². The fraction of sp³-hybridized carbons (Fsp3) is 0.333. The van der Waals surface area contributed by atoms with Crippen LogP contribution in [0.5, 0.6) is 11.5 Å². The van der Waals surface area contributed by atoms with Gasteiger partial charge in [-0.3, -0.25) is 9.69 Å². The van der Waals surface area contributed by atoms with E-state index in [1.165, 1.54) is 29.2 Å². The van der Waals surface area contributed by atoms with Crippen LogP contribution < -0.4 is 14.4 Å². The zero-order chi connectivity index (χ0) is 29.0. The molecule has 0 aliphatic rings. The van der Waals surface area contributed by atoms with Crippen LogP contribution in [0.15, 0.2) is 66.7 Å². The Kier molecular flexibility index (Phi) is 8.94. The van der Waals surface area contributed by atoms with E-state index < -0.39 is 18.2 Å². The van der Waals surface area contributed by atoms with E-state index >= 15 is 0 Å². The number of benzene rings is 3. The highest BCUT2D eigenvalue weighted by Crippen LogP contribution is 2.37. The summed E-state index contributed by atoms with van der Waals surface area (Å²) >= 11 is 0. The third-order valence-corrected chi connectivity index (χ3v) is 5.80. The van der Waals surface area contributed by atoms with Gasteiger partial charge in [0.25, 0.3) is 0 Å². The molecule has 1 amide bonds. The molecule has 39 heavy (non-hydrogen) atoms. The zero-order valence-electron chi connectivity index (χ0n) is 22.8. The molecule has 0 atom stereocenters. The van der Waals surface area contributed by atoms with Crippen molar-refractivity contribution in [2.24, 2.45) is 0 Å². The Morgan fingerprint density at radius 1 is 0.872 bits per heavy atom. The Morgan fingerprint density at radius 2 is 1.46 bits per heavy atom. The maximum Gasteiger partial charge on any atom is 0.573 e. The number of carbonyl (C=O) groups excluding carboxylic acids is 2. The molecule has 0 aliphatic carbocycles. The van der Waals surface area contributed by atoms with E-state index in [2.05, 4.69) is 25.5 Å². The summed E-state index contributed by atoms with van der Waals surface area (Å²) in [5.74, 6) is -1.85. The van der Waals surface area contributed by atoms with Gasteiger partial charge < -0.3 is 14.2 Å². The average Bonchev–Trinajstić information content (AvgIpc) is 2.85. The maximum absolute atomic E-state index is 13.2. The zero-order valence-corrected chi connectivity index (χ0v) is 22.8. The second-order valence-electron chi connectivity index (χ2n) is 10.2. The smallest absolute Gasteiger partial charge is 0.491 e. The number of halogens is 3. The van der Waals surface area contributed by atoms with E-state index in [4.69, 9.17) is 9.47 Å². The van der Waals surface area contributed by atoms with E-state index in [-0.39, 0.29) is 23.8 Å². The van der Waals surface area contributed by atoms with Crippen LogP contribution >= 0.6 is 0 Å². The lowest BCUT2D eigenvalue weighted by Crippen LogP contribution is -2.37. The standard InChI is InChI=1S/C30H32F3NO5/c1-19(2)38-24-15-16-26(25(17-24)21-9-13-23(14-10-21)39-30(31,32)33)34(27(35)28(36)37-6)18-20-7-11-22(12-8-20)29(3,4)5/h7-17,19H,18H2,1-6H3. The molecule has 0 saturated carbocycles. The van der Waals surface area contributed by atoms with Crippen LogP contribution in [0.2, 0.25) is 0 Å². The van der Waals surface area contributed by atoms with Gasteiger partial charge >= 0.3 is 18.2 Å². The number of anilines is 1. The molecule has 0 bridgehead atoms. The molecular weight excluding hydrogens is 511 g/mol. The van der Waals surface area contributed by atoms with Gasteiger partial charge in [-0.1, -0.05) is 57.2 Å². The monoisotopic (exact) mass is 543 g/mol. The molecule has 3 aromatic carbocycles. The van der Waals surface area contributed by atoms with Gasteiger partial charge in [0.15, 0.2) is 0 Å². The molecular formula is C30H32F3NO5. The molecule has 0 N–H and O–H groups in total. The number of nitrogens with zero attached hydrogens (tertiary/aromatic N) is 1. The van der Waals surface area contributed by atoms with Gasteiger partial charge in [-0.15, -0.1) is 13.2 Å². The molecule has 9 heteroatoms. The first-order chi connectivity index (χ1) is 18.2. The fourth-order valence-corrected chi connectivity index (χ4v) is 3.92. The number of alkyl halides is 3. The third-order valence-electron chi connectivity index (χ3n) is 5.80. The van der Waals surface area contributed by atoms with Crippen LogP contribution in [0.4, 0.5) is 18.9 Å². The quantitative estimate of drug-likeness (QED) is 0.236. The predicted octanol–water partition coefficient (Wildman–Crippen LogP) is 7.04. The van der Waals surface area contributed by atoms with Crippen molar-refractivity contribution in [1.82, 2.24) is 0 Å². The van der Waals surface area contributed by atoms with Gasteiger partial charge in [0.2, 0.25) is 0 Å². The van der Waals surface area contributed by atoms with E-state index in [1.807, 2.05) is 38.1 Å². The van der Waals surface area contributed by atoms with Crippen LogP contribution in [-0.2, 0) is 26.3 Å². The molecule has 0 fully saturated rings. The Morgan fingerprint density at radius 3 is 1.97 bits per heavy atom. The Hall–Kier alpha value is -4.01. The van der Waals surface area contributed by atoms with Gasteiger partial charge in [0, 0.05) is 5.56 Å². The number of carbonyl (C=O) groups is 2. The summed E-state index contributed by atoms with van der Waals surface area (Å²) < 4.78 is 52.6. The summed E-state index contributed by atoms with van der Waals surface area (Å²) in [5, 5.41) is 0. The van der Waals surface area contributed by atoms with Crippen LogP contribution in [0.3, 0.4) is 0 Å².